The minimum atomic E-state index is -0.273. The molecule has 1 atom stereocenters. The minimum Gasteiger partial charge on any atom is -0.492 e. The van der Waals surface area contributed by atoms with Gasteiger partial charge in [-0.15, -0.1) is 0 Å². The molecule has 0 aliphatic rings. The topological polar surface area (TPSA) is 57.4 Å². The highest BCUT2D eigenvalue weighted by molar-refractivity contribution is 5.78. The summed E-state index contributed by atoms with van der Waals surface area (Å²) in [4.78, 5) is 4.62. The van der Waals surface area contributed by atoms with Gasteiger partial charge < -0.3 is 15.2 Å². The molecule has 1 aromatic heterocycles. The number of fused-ring (bicyclic) bond motifs is 1. The largest absolute Gasteiger partial charge is 0.492 e. The van der Waals surface area contributed by atoms with Crippen LogP contribution in [0.2, 0.25) is 0 Å². The molecular formula is C31H33FN2O2. The first kappa shape index (κ1) is 25.2. The highest BCUT2D eigenvalue weighted by Gasteiger charge is 2.31. The SMILES string of the molecule is CCO/C(=C\N)c1ccc(OCc2ccc3cc(F)ccc3n2)cc1C(c1ccccc1)C(C)(C)C. The lowest BCUT2D eigenvalue weighted by Gasteiger charge is -2.33. The van der Waals surface area contributed by atoms with Crippen LogP contribution < -0.4 is 10.5 Å². The van der Waals surface area contributed by atoms with E-state index in [-0.39, 0.29) is 17.2 Å². The number of hydrogen-bond acceptors (Lipinski definition) is 4. The maximum absolute atomic E-state index is 13.5. The molecule has 0 saturated heterocycles. The molecule has 4 aromatic rings. The van der Waals surface area contributed by atoms with Crippen molar-refractivity contribution in [2.75, 3.05) is 6.61 Å². The van der Waals surface area contributed by atoms with Crippen LogP contribution in [0.1, 0.15) is 56.0 Å². The Morgan fingerprint density at radius 3 is 2.47 bits per heavy atom. The average molecular weight is 485 g/mol. The number of nitrogens with zero attached hydrogens (tertiary/aromatic N) is 1. The third-order valence-electron chi connectivity index (χ3n) is 6.15. The van der Waals surface area contributed by atoms with E-state index in [1.165, 1.54) is 23.9 Å². The summed E-state index contributed by atoms with van der Waals surface area (Å²) in [7, 11) is 0. The first-order chi connectivity index (χ1) is 17.3. The number of benzene rings is 3. The number of rotatable bonds is 8. The molecule has 3 aromatic carbocycles. The summed E-state index contributed by atoms with van der Waals surface area (Å²) in [5.41, 5.74) is 10.6. The number of halogens is 1. The molecule has 1 unspecified atom stereocenters. The van der Waals surface area contributed by atoms with Crippen LogP contribution in [0.5, 0.6) is 5.75 Å². The number of aromatic nitrogens is 1. The molecule has 0 bridgehead atoms. The minimum absolute atomic E-state index is 0.0707. The zero-order valence-electron chi connectivity index (χ0n) is 21.3. The summed E-state index contributed by atoms with van der Waals surface area (Å²) >= 11 is 0. The van der Waals surface area contributed by atoms with E-state index in [0.29, 0.717) is 19.0 Å². The third kappa shape index (κ3) is 5.68. The molecular weight excluding hydrogens is 451 g/mol. The summed E-state index contributed by atoms with van der Waals surface area (Å²) in [5.74, 6) is 1.17. The van der Waals surface area contributed by atoms with Crippen molar-refractivity contribution in [2.24, 2.45) is 11.1 Å². The Morgan fingerprint density at radius 1 is 1.00 bits per heavy atom. The van der Waals surface area contributed by atoms with Crippen molar-refractivity contribution >= 4 is 16.7 Å². The molecule has 0 spiro atoms. The molecule has 2 N–H and O–H groups in total. The summed E-state index contributed by atoms with van der Waals surface area (Å²) in [5, 5.41) is 0.762. The Hall–Kier alpha value is -3.86. The van der Waals surface area contributed by atoms with Crippen molar-refractivity contribution in [2.45, 2.75) is 40.2 Å². The third-order valence-corrected chi connectivity index (χ3v) is 6.15. The van der Waals surface area contributed by atoms with Gasteiger partial charge in [0.15, 0.2) is 0 Å². The zero-order valence-corrected chi connectivity index (χ0v) is 21.3. The molecule has 0 radical (unpaired) electrons. The molecule has 0 amide bonds. The van der Waals surface area contributed by atoms with Crippen LogP contribution in [0.15, 0.2) is 85.1 Å². The summed E-state index contributed by atoms with van der Waals surface area (Å²) < 4.78 is 25.6. The van der Waals surface area contributed by atoms with E-state index < -0.39 is 0 Å². The average Bonchev–Trinajstić information content (AvgIpc) is 2.86. The second-order valence-electron chi connectivity index (χ2n) is 9.85. The van der Waals surface area contributed by atoms with Crippen molar-refractivity contribution in [1.82, 2.24) is 4.98 Å². The van der Waals surface area contributed by atoms with Gasteiger partial charge in [-0.05, 0) is 65.9 Å². The number of ether oxygens (including phenoxy) is 2. The fourth-order valence-corrected chi connectivity index (χ4v) is 4.63. The predicted octanol–water partition coefficient (Wildman–Crippen LogP) is 7.42. The summed E-state index contributed by atoms with van der Waals surface area (Å²) in [6.45, 7) is 9.46. The second kappa shape index (κ2) is 10.8. The molecule has 36 heavy (non-hydrogen) atoms. The van der Waals surface area contributed by atoms with Gasteiger partial charge in [0.1, 0.15) is 23.9 Å². The van der Waals surface area contributed by atoms with Crippen LogP contribution in [-0.4, -0.2) is 11.6 Å². The summed E-state index contributed by atoms with van der Waals surface area (Å²) in [6.07, 6.45) is 1.52. The monoisotopic (exact) mass is 484 g/mol. The Bertz CT molecular complexity index is 1360. The molecule has 4 nitrogen and oxygen atoms in total. The van der Waals surface area contributed by atoms with Crippen LogP contribution in [0, 0.1) is 11.2 Å². The van der Waals surface area contributed by atoms with E-state index in [9.17, 15) is 4.39 Å². The highest BCUT2D eigenvalue weighted by atomic mass is 19.1. The van der Waals surface area contributed by atoms with Gasteiger partial charge in [0.05, 0.1) is 17.8 Å². The highest BCUT2D eigenvalue weighted by Crippen LogP contribution is 2.44. The van der Waals surface area contributed by atoms with Gasteiger partial charge in [-0.1, -0.05) is 57.2 Å². The Kier molecular flexibility index (Phi) is 7.58. The Morgan fingerprint density at radius 2 is 1.78 bits per heavy atom. The van der Waals surface area contributed by atoms with E-state index in [1.807, 2.05) is 37.3 Å². The standard InChI is InChI=1S/C31H33FN2O2/c1-5-35-29(19-33)26-15-14-25(18-27(26)30(31(2,3)4)21-9-7-6-8-10-21)36-20-24-13-11-22-17-23(32)12-16-28(22)34-24/h6-19,30H,5,20,33H2,1-4H3/b29-19-. The van der Waals surface area contributed by atoms with Crippen molar-refractivity contribution in [1.29, 1.82) is 0 Å². The van der Waals surface area contributed by atoms with Gasteiger partial charge in [0, 0.05) is 23.1 Å². The van der Waals surface area contributed by atoms with Gasteiger partial charge in [0.2, 0.25) is 0 Å². The van der Waals surface area contributed by atoms with E-state index in [4.69, 9.17) is 15.2 Å². The quantitative estimate of drug-likeness (QED) is 0.264. The molecule has 4 rings (SSSR count). The van der Waals surface area contributed by atoms with Crippen LogP contribution in [0.3, 0.4) is 0 Å². The maximum Gasteiger partial charge on any atom is 0.142 e. The Labute approximate surface area is 212 Å². The molecule has 186 valence electrons. The van der Waals surface area contributed by atoms with E-state index in [1.54, 1.807) is 6.07 Å². The van der Waals surface area contributed by atoms with Gasteiger partial charge >= 0.3 is 0 Å². The van der Waals surface area contributed by atoms with Gasteiger partial charge in [-0.2, -0.15) is 0 Å². The molecule has 0 saturated carbocycles. The van der Waals surface area contributed by atoms with Crippen LogP contribution >= 0.6 is 0 Å². The van der Waals surface area contributed by atoms with Gasteiger partial charge in [0.25, 0.3) is 0 Å². The van der Waals surface area contributed by atoms with Crippen molar-refractivity contribution in [3.8, 4) is 5.75 Å². The lowest BCUT2D eigenvalue weighted by Crippen LogP contribution is -2.21. The fraction of sp³-hybridized carbons (Fsp3) is 0.258. The van der Waals surface area contributed by atoms with E-state index in [0.717, 1.165) is 33.5 Å². The lowest BCUT2D eigenvalue weighted by atomic mass is 9.71. The fourth-order valence-electron chi connectivity index (χ4n) is 4.63. The normalized spacial score (nSPS) is 13.0. The number of pyridine rings is 1. The van der Waals surface area contributed by atoms with Crippen LogP contribution in [0.4, 0.5) is 4.39 Å². The van der Waals surface area contributed by atoms with Crippen molar-refractivity contribution < 1.29 is 13.9 Å². The first-order valence-corrected chi connectivity index (χ1v) is 12.2. The number of hydrogen-bond donors (Lipinski definition) is 1. The first-order valence-electron chi connectivity index (χ1n) is 12.2. The summed E-state index contributed by atoms with van der Waals surface area (Å²) in [6, 6.07) is 24.8. The van der Waals surface area contributed by atoms with Crippen LogP contribution in [-0.2, 0) is 11.3 Å². The Balaban J connectivity index is 1.72. The lowest BCUT2D eigenvalue weighted by molar-refractivity contribution is 0.293. The van der Waals surface area contributed by atoms with Crippen molar-refractivity contribution in [3.63, 3.8) is 0 Å². The second-order valence-corrected chi connectivity index (χ2v) is 9.85. The molecule has 1 heterocycles. The van der Waals surface area contributed by atoms with Crippen LogP contribution in [0.25, 0.3) is 16.7 Å². The smallest absolute Gasteiger partial charge is 0.142 e. The molecule has 0 aliphatic carbocycles. The van der Waals surface area contributed by atoms with Crippen molar-refractivity contribution in [3.05, 3.63) is 113 Å². The van der Waals surface area contributed by atoms with E-state index in [2.05, 4.69) is 56.1 Å². The van der Waals surface area contributed by atoms with E-state index >= 15 is 0 Å². The predicted molar refractivity (Wildman–Crippen MR) is 144 cm³/mol. The number of nitrogens with two attached hydrogens (primary N) is 1. The molecule has 5 heteroatoms. The molecule has 0 fully saturated rings. The zero-order chi connectivity index (χ0) is 25.7. The van der Waals surface area contributed by atoms with Gasteiger partial charge in [-0.3, -0.25) is 0 Å². The maximum atomic E-state index is 13.5. The van der Waals surface area contributed by atoms with Gasteiger partial charge in [-0.25, -0.2) is 9.37 Å². The molecule has 0 aliphatic heterocycles.